The lowest BCUT2D eigenvalue weighted by Crippen LogP contribution is -2.49. The lowest BCUT2D eigenvalue weighted by Gasteiger charge is -2.34. The molecule has 1 N–H and O–H groups in total. The number of carboxylic acid groups (broad SMARTS) is 1. The van der Waals surface area contributed by atoms with Crippen molar-refractivity contribution in [3.63, 3.8) is 0 Å². The Morgan fingerprint density at radius 1 is 1.35 bits per heavy atom. The van der Waals surface area contributed by atoms with Gasteiger partial charge in [0.15, 0.2) is 0 Å². The maximum absolute atomic E-state index is 13.5. The van der Waals surface area contributed by atoms with Gasteiger partial charge >= 0.3 is 12.1 Å². The Labute approximate surface area is 146 Å². The summed E-state index contributed by atoms with van der Waals surface area (Å²) in [6.07, 6.45) is -5.25. The number of hydrogen-bond donors (Lipinski definition) is 1. The zero-order valence-electron chi connectivity index (χ0n) is 13.9. The zero-order chi connectivity index (χ0) is 19.5. The van der Waals surface area contributed by atoms with Crippen LogP contribution in [0.5, 0.6) is 0 Å². The number of carbonyl (C=O) groups is 2. The summed E-state index contributed by atoms with van der Waals surface area (Å²) < 4.78 is 57.4. The molecule has 2 rings (SSSR count). The highest BCUT2D eigenvalue weighted by atomic mass is 19.4. The predicted octanol–water partition coefficient (Wildman–Crippen LogP) is 1.70. The Morgan fingerprint density at radius 2 is 2.04 bits per heavy atom. The molecule has 0 radical (unpaired) electrons. The molecule has 1 heterocycles. The second kappa shape index (κ2) is 8.00. The molecule has 1 aliphatic heterocycles. The first-order chi connectivity index (χ1) is 12.1. The van der Waals surface area contributed by atoms with Gasteiger partial charge in [0.2, 0.25) is 0 Å². The van der Waals surface area contributed by atoms with Gasteiger partial charge in [-0.05, 0) is 25.2 Å². The van der Waals surface area contributed by atoms with Gasteiger partial charge in [-0.15, -0.1) is 0 Å². The van der Waals surface area contributed by atoms with Crippen molar-refractivity contribution in [2.24, 2.45) is 0 Å². The Morgan fingerprint density at radius 3 is 2.65 bits per heavy atom. The summed E-state index contributed by atoms with van der Waals surface area (Å²) in [6, 6.07) is 1.71. The van der Waals surface area contributed by atoms with E-state index >= 15 is 0 Å². The lowest BCUT2D eigenvalue weighted by molar-refractivity contribution is -0.139. The van der Waals surface area contributed by atoms with Gasteiger partial charge in [-0.2, -0.15) is 13.2 Å². The Hall–Kier alpha value is -2.20. The normalized spacial score (nSPS) is 18.2. The molecule has 0 saturated carbocycles. The van der Waals surface area contributed by atoms with E-state index in [2.05, 4.69) is 0 Å². The van der Waals surface area contributed by atoms with Crippen molar-refractivity contribution in [1.82, 2.24) is 9.80 Å². The second-order valence-corrected chi connectivity index (χ2v) is 6.06. The molecule has 1 amide bonds. The summed E-state index contributed by atoms with van der Waals surface area (Å²) in [5.74, 6) is -2.89. The Balaban J connectivity index is 2.09. The van der Waals surface area contributed by atoms with Gasteiger partial charge in [0.1, 0.15) is 5.82 Å². The maximum atomic E-state index is 13.5. The van der Waals surface area contributed by atoms with E-state index in [4.69, 9.17) is 9.84 Å². The first-order valence-electron chi connectivity index (χ1n) is 7.75. The molecule has 1 fully saturated rings. The van der Waals surface area contributed by atoms with Crippen molar-refractivity contribution >= 4 is 11.9 Å². The molecule has 10 heteroatoms. The predicted molar refractivity (Wildman–Crippen MR) is 82.2 cm³/mol. The zero-order valence-corrected chi connectivity index (χ0v) is 13.9. The molecule has 144 valence electrons. The molecule has 0 spiro atoms. The summed E-state index contributed by atoms with van der Waals surface area (Å²) in [6.45, 7) is 0.384. The van der Waals surface area contributed by atoms with Crippen molar-refractivity contribution in [2.45, 2.75) is 12.3 Å². The number of morpholine rings is 1. The third-order valence-corrected chi connectivity index (χ3v) is 3.82. The molecule has 1 saturated heterocycles. The van der Waals surface area contributed by atoms with Gasteiger partial charge in [0.05, 0.1) is 24.8 Å². The first kappa shape index (κ1) is 20.1. The lowest BCUT2D eigenvalue weighted by atomic mass is 10.1. The minimum Gasteiger partial charge on any atom is -0.480 e. The average molecular weight is 378 g/mol. The van der Waals surface area contributed by atoms with Crippen LogP contribution in [0.2, 0.25) is 0 Å². The first-order valence-corrected chi connectivity index (χ1v) is 7.75. The molecule has 0 unspecified atom stereocenters. The maximum Gasteiger partial charge on any atom is 0.416 e. The van der Waals surface area contributed by atoms with Crippen molar-refractivity contribution in [3.05, 3.63) is 35.1 Å². The Kier molecular flexibility index (Phi) is 6.19. The highest BCUT2D eigenvalue weighted by Crippen LogP contribution is 2.30. The van der Waals surface area contributed by atoms with E-state index in [1.165, 1.54) is 9.80 Å². The highest BCUT2D eigenvalue weighted by molar-refractivity contribution is 5.94. The van der Waals surface area contributed by atoms with Crippen molar-refractivity contribution < 1.29 is 37.0 Å². The number of carbonyl (C=O) groups excluding carboxylic acids is 1. The van der Waals surface area contributed by atoms with Gasteiger partial charge in [-0.25, -0.2) is 4.39 Å². The van der Waals surface area contributed by atoms with Crippen LogP contribution in [0, 0.1) is 5.82 Å². The van der Waals surface area contributed by atoms with Gasteiger partial charge in [0.25, 0.3) is 5.91 Å². The van der Waals surface area contributed by atoms with Gasteiger partial charge < -0.3 is 14.7 Å². The van der Waals surface area contributed by atoms with E-state index in [9.17, 15) is 27.2 Å². The van der Waals surface area contributed by atoms with Gasteiger partial charge in [-0.3, -0.25) is 14.5 Å². The number of benzene rings is 1. The molecule has 0 aliphatic carbocycles. The van der Waals surface area contributed by atoms with Crippen LogP contribution in [-0.4, -0.2) is 72.7 Å². The largest absolute Gasteiger partial charge is 0.480 e. The SMILES string of the molecule is CN(CC(=O)O)C[C@@H]1CN(C(=O)c2cc(F)cc(C(F)(F)F)c2)CCO1. The number of hydrogen-bond acceptors (Lipinski definition) is 4. The number of rotatable bonds is 5. The molecule has 1 aromatic rings. The standard InChI is InChI=1S/C16H18F4N2O4/c1-21(9-14(23)24)7-13-8-22(2-3-26-13)15(25)10-4-11(16(18,19)20)6-12(17)5-10/h4-6,13H,2-3,7-9H2,1H3,(H,23,24)/t13-/m1/s1. The molecule has 1 aromatic carbocycles. The van der Waals surface area contributed by atoms with E-state index in [-0.39, 0.29) is 32.8 Å². The molecular weight excluding hydrogens is 360 g/mol. The van der Waals surface area contributed by atoms with E-state index in [1.807, 2.05) is 0 Å². The molecule has 6 nitrogen and oxygen atoms in total. The summed E-state index contributed by atoms with van der Waals surface area (Å²) in [5, 5.41) is 8.75. The fraction of sp³-hybridized carbons (Fsp3) is 0.500. The molecule has 0 bridgehead atoms. The number of alkyl halides is 3. The molecular formula is C16H18F4N2O4. The minimum absolute atomic E-state index is 0.0701. The molecule has 26 heavy (non-hydrogen) atoms. The minimum atomic E-state index is -4.76. The number of ether oxygens (including phenoxy) is 1. The van der Waals surface area contributed by atoms with Crippen LogP contribution < -0.4 is 0 Å². The Bertz CT molecular complexity index is 681. The van der Waals surface area contributed by atoms with Crippen LogP contribution in [0.25, 0.3) is 0 Å². The van der Waals surface area contributed by atoms with Crippen LogP contribution in [0.3, 0.4) is 0 Å². The van der Waals surface area contributed by atoms with Crippen LogP contribution in [-0.2, 0) is 15.7 Å². The van der Waals surface area contributed by atoms with Crippen molar-refractivity contribution in [1.29, 1.82) is 0 Å². The summed E-state index contributed by atoms with van der Waals surface area (Å²) in [5.41, 5.74) is -1.62. The van der Waals surface area contributed by atoms with Crippen LogP contribution in [0.4, 0.5) is 17.6 Å². The van der Waals surface area contributed by atoms with Crippen LogP contribution in [0.1, 0.15) is 15.9 Å². The van der Waals surface area contributed by atoms with E-state index < -0.39 is 41.1 Å². The molecule has 0 aromatic heterocycles. The van der Waals surface area contributed by atoms with Crippen molar-refractivity contribution in [3.8, 4) is 0 Å². The van der Waals surface area contributed by atoms with Gasteiger partial charge in [-0.1, -0.05) is 0 Å². The smallest absolute Gasteiger partial charge is 0.416 e. The van der Waals surface area contributed by atoms with E-state index in [0.717, 1.165) is 6.07 Å². The van der Waals surface area contributed by atoms with E-state index in [1.54, 1.807) is 7.05 Å². The summed E-state index contributed by atoms with van der Waals surface area (Å²) in [7, 11) is 1.57. The number of likely N-dealkylation sites (N-methyl/N-ethyl adjacent to an activating group) is 1. The van der Waals surface area contributed by atoms with E-state index in [0.29, 0.717) is 12.1 Å². The quantitative estimate of drug-likeness (QED) is 0.790. The number of nitrogens with zero attached hydrogens (tertiary/aromatic N) is 2. The molecule has 1 aliphatic rings. The molecule has 1 atom stereocenters. The summed E-state index contributed by atoms with van der Waals surface area (Å²) >= 11 is 0. The number of aliphatic carboxylic acids is 1. The van der Waals surface area contributed by atoms with Crippen molar-refractivity contribution in [2.75, 3.05) is 39.8 Å². The fourth-order valence-corrected chi connectivity index (χ4v) is 2.72. The number of carboxylic acids is 1. The topological polar surface area (TPSA) is 70.1 Å². The van der Waals surface area contributed by atoms with Crippen LogP contribution >= 0.6 is 0 Å². The number of amides is 1. The summed E-state index contributed by atoms with van der Waals surface area (Å²) in [4.78, 5) is 25.9. The third-order valence-electron chi connectivity index (χ3n) is 3.82. The second-order valence-electron chi connectivity index (χ2n) is 6.06. The monoisotopic (exact) mass is 378 g/mol. The third kappa shape index (κ3) is 5.40. The fourth-order valence-electron chi connectivity index (χ4n) is 2.72. The highest BCUT2D eigenvalue weighted by Gasteiger charge is 2.33. The number of halogens is 4. The van der Waals surface area contributed by atoms with Crippen LogP contribution in [0.15, 0.2) is 18.2 Å². The average Bonchev–Trinajstić information content (AvgIpc) is 2.52. The van der Waals surface area contributed by atoms with Gasteiger partial charge in [0, 0.05) is 25.2 Å².